The minimum absolute atomic E-state index is 0.120. The van der Waals surface area contributed by atoms with Crippen LogP contribution < -0.4 is 0 Å². The van der Waals surface area contributed by atoms with E-state index in [1.807, 2.05) is 0 Å². The van der Waals surface area contributed by atoms with Gasteiger partial charge < -0.3 is 0 Å². The Morgan fingerprint density at radius 1 is 1.11 bits per heavy atom. The molecule has 0 bridgehead atoms. The minimum atomic E-state index is -0.842. The monoisotopic (exact) mass is 231 g/mol. The Balaban J connectivity index is 0. The summed E-state index contributed by atoms with van der Waals surface area (Å²) in [5.41, 5.74) is 0. The molecule has 0 heterocycles. The molecule has 0 amide bonds. The summed E-state index contributed by atoms with van der Waals surface area (Å²) in [4.78, 5) is 18.1. The van der Waals surface area contributed by atoms with Gasteiger partial charge in [0.05, 0.1) is 0 Å². The summed E-state index contributed by atoms with van der Waals surface area (Å²) in [5.74, 6) is 0. The molecule has 0 spiro atoms. The second-order valence-corrected chi connectivity index (χ2v) is 5.88. The molecule has 0 aromatic rings. The summed E-state index contributed by atoms with van der Waals surface area (Å²) in [5, 5.41) is 0. The molecule has 0 saturated heterocycles. The third-order valence-electron chi connectivity index (χ3n) is 0.0722. The van der Waals surface area contributed by atoms with Gasteiger partial charge in [0.1, 0.15) is 0 Å². The predicted octanol–water partition coefficient (Wildman–Crippen LogP) is 0.574. The summed E-state index contributed by atoms with van der Waals surface area (Å²) in [6, 6.07) is 0. The summed E-state index contributed by atoms with van der Waals surface area (Å²) in [7, 11) is 0.120. The van der Waals surface area contributed by atoms with Crippen molar-refractivity contribution in [1.82, 2.24) is 0 Å². The third-order valence-corrected chi connectivity index (χ3v) is 0.427. The Kier molecular flexibility index (Phi) is 14.2. The van der Waals surface area contributed by atoms with E-state index < -0.39 is 16.2 Å². The van der Waals surface area contributed by atoms with Crippen LogP contribution in [0.3, 0.4) is 0 Å². The van der Waals surface area contributed by atoms with Gasteiger partial charge in [-0.05, 0) is 0 Å². The molecule has 9 heavy (non-hydrogen) atoms. The zero-order valence-corrected chi connectivity index (χ0v) is 8.41. The third kappa shape index (κ3) is 72.0. The molecule has 0 saturated carbocycles. The van der Waals surface area contributed by atoms with Crippen molar-refractivity contribution in [3.8, 4) is 0 Å². The van der Waals surface area contributed by atoms with E-state index in [1.54, 1.807) is 0 Å². The van der Waals surface area contributed by atoms with Crippen LogP contribution in [-0.2, 0) is 25.8 Å². The molecule has 4 heteroatoms. The molecule has 53 valence electrons. The quantitative estimate of drug-likeness (QED) is 0.570. The van der Waals surface area contributed by atoms with Crippen molar-refractivity contribution in [1.29, 1.82) is 0 Å². The van der Waals surface area contributed by atoms with Crippen molar-refractivity contribution in [2.45, 2.75) is 19.6 Å². The van der Waals surface area contributed by atoms with Crippen LogP contribution >= 0.6 is 0 Å². The van der Waals surface area contributed by atoms with E-state index in [2.05, 4.69) is 19.6 Å². The van der Waals surface area contributed by atoms with Gasteiger partial charge >= 0.3 is 34.8 Å². The molecule has 0 aliphatic carbocycles. The van der Waals surface area contributed by atoms with Gasteiger partial charge in [-0.1, -0.05) is 19.6 Å². The summed E-state index contributed by atoms with van der Waals surface area (Å²) < 4.78 is 2.87. The van der Waals surface area contributed by atoms with E-state index in [4.69, 9.17) is 9.59 Å². The Hall–Kier alpha value is 0.000260. The fraction of sp³-hybridized carbons (Fsp3) is 0.600. The number of hydrogen-bond acceptors (Lipinski definition) is 2. The summed E-state index contributed by atoms with van der Waals surface area (Å²) in [6.07, 6.45) is 0. The van der Waals surface area contributed by atoms with Gasteiger partial charge in [0, 0.05) is 8.80 Å². The van der Waals surface area contributed by atoms with E-state index in [1.165, 1.54) is 8.95 Å². The van der Waals surface area contributed by atoms with Crippen molar-refractivity contribution in [3.63, 3.8) is 0 Å². The number of hydrogen-bond donors (Lipinski definition) is 0. The molecule has 0 atom stereocenters. The molecule has 1 radical (unpaired) electrons. The van der Waals surface area contributed by atoms with Crippen LogP contribution in [0.2, 0.25) is 19.6 Å². The van der Waals surface area contributed by atoms with Crippen LogP contribution in [0.15, 0.2) is 0 Å². The van der Waals surface area contributed by atoms with E-state index in [0.717, 1.165) is 0 Å². The molecule has 0 aromatic heterocycles. The van der Waals surface area contributed by atoms with Crippen LogP contribution in [0.4, 0.5) is 0 Å². The molecule has 0 aliphatic rings. The van der Waals surface area contributed by atoms with Crippen LogP contribution in [0.1, 0.15) is 0 Å². The summed E-state index contributed by atoms with van der Waals surface area (Å²) in [6.45, 7) is 6.81. The van der Waals surface area contributed by atoms with Crippen molar-refractivity contribution >= 4 is 17.7 Å². The second-order valence-electron chi connectivity index (χ2n) is 1.73. The molecule has 0 rings (SSSR count). The van der Waals surface area contributed by atoms with Crippen molar-refractivity contribution in [2.24, 2.45) is 0 Å². The Bertz CT molecular complexity index is 136. The van der Waals surface area contributed by atoms with Gasteiger partial charge in [0.25, 0.3) is 0 Å². The Morgan fingerprint density at radius 2 is 1.33 bits per heavy atom. The van der Waals surface area contributed by atoms with Crippen molar-refractivity contribution < 1.29 is 25.8 Å². The number of rotatable bonds is 0. The molecule has 2 nitrogen and oxygen atoms in total. The van der Waals surface area contributed by atoms with E-state index in [-0.39, 0.29) is 8.80 Å². The molecule has 0 fully saturated rings. The first-order chi connectivity index (χ1) is 4.15. The van der Waals surface area contributed by atoms with Gasteiger partial charge in [-0.3, -0.25) is 0 Å². The molecule has 0 aromatic carbocycles. The fourth-order valence-electron chi connectivity index (χ4n) is 0.0147. The van der Waals surface area contributed by atoms with Crippen LogP contribution in [0, 0.1) is 0 Å². The molecule has 0 aliphatic heterocycles. The normalized spacial score (nSPS) is 6.67. The topological polar surface area (TPSA) is 34.1 Å². The van der Waals surface area contributed by atoms with E-state index in [0.29, 0.717) is 0 Å². The fourth-order valence-corrected chi connectivity index (χ4v) is 0.0872. The van der Waals surface area contributed by atoms with E-state index in [9.17, 15) is 0 Å². The average molecular weight is 230 g/mol. The molecule has 0 unspecified atom stereocenters. The Labute approximate surface area is 63.5 Å². The average Bonchev–Trinajstić information content (AvgIpc) is 1.66. The standard InChI is InChI=1S/C3H9Si.2CO.Ru/c1-4(2)3;2*1-2;/h1-3H3;;;. The van der Waals surface area contributed by atoms with Crippen LogP contribution in [0.5, 0.6) is 0 Å². The Morgan fingerprint density at radius 3 is 1.33 bits per heavy atom. The van der Waals surface area contributed by atoms with Gasteiger partial charge in [-0.15, -0.1) is 0 Å². The summed E-state index contributed by atoms with van der Waals surface area (Å²) >= 11 is -0.842. The maximum atomic E-state index is 9.06. The van der Waals surface area contributed by atoms with Crippen LogP contribution in [0.25, 0.3) is 0 Å². The molecule has 0 N–H and O–H groups in total. The first-order valence-electron chi connectivity index (χ1n) is 2.26. The zero-order chi connectivity index (χ0) is 7.70. The van der Waals surface area contributed by atoms with E-state index >= 15 is 0 Å². The van der Waals surface area contributed by atoms with Gasteiger partial charge in [-0.25, -0.2) is 0 Å². The van der Waals surface area contributed by atoms with Gasteiger partial charge in [0.15, 0.2) is 0 Å². The SMILES string of the molecule is C[Si](C)C.O=[C]=[Ru]=[C]=O. The first-order valence-corrected chi connectivity index (χ1v) is 7.00. The molecular formula is C5H9O2RuSi. The zero-order valence-electron chi connectivity index (χ0n) is 5.67. The molecular weight excluding hydrogens is 221 g/mol. The van der Waals surface area contributed by atoms with Crippen LogP contribution in [-0.4, -0.2) is 17.7 Å². The predicted molar refractivity (Wildman–Crippen MR) is 34.7 cm³/mol. The number of carbonyl (C=O) groups excluding carboxylic acids is 2. The maximum absolute atomic E-state index is 9.06. The first kappa shape index (κ1) is 11.8. The van der Waals surface area contributed by atoms with Crippen molar-refractivity contribution in [2.75, 3.05) is 0 Å². The van der Waals surface area contributed by atoms with Crippen molar-refractivity contribution in [3.05, 3.63) is 0 Å². The van der Waals surface area contributed by atoms with Gasteiger partial charge in [-0.2, -0.15) is 0 Å². The second kappa shape index (κ2) is 10.9. The van der Waals surface area contributed by atoms with Gasteiger partial charge in [0.2, 0.25) is 0 Å².